The molecule has 1 aliphatic rings. The second kappa shape index (κ2) is 12.8. The summed E-state index contributed by atoms with van der Waals surface area (Å²) in [5.74, 6) is 1.07. The Morgan fingerprint density at radius 2 is 2.03 bits per heavy atom. The van der Waals surface area contributed by atoms with Gasteiger partial charge < -0.3 is 19.9 Å². The van der Waals surface area contributed by atoms with Crippen molar-refractivity contribution in [2.75, 3.05) is 18.2 Å². The summed E-state index contributed by atoms with van der Waals surface area (Å²) in [5, 5.41) is 25.3. The van der Waals surface area contributed by atoms with Crippen molar-refractivity contribution in [3.8, 4) is 11.8 Å². The molecule has 38 heavy (non-hydrogen) atoms. The number of rotatable bonds is 11. The quantitative estimate of drug-likeness (QED) is 0.267. The van der Waals surface area contributed by atoms with Gasteiger partial charge in [-0.05, 0) is 55.9 Å². The van der Waals surface area contributed by atoms with Crippen molar-refractivity contribution in [1.82, 2.24) is 20.1 Å². The zero-order chi connectivity index (χ0) is 27.1. The van der Waals surface area contributed by atoms with Crippen molar-refractivity contribution in [3.63, 3.8) is 0 Å². The van der Waals surface area contributed by atoms with E-state index in [1.54, 1.807) is 13.2 Å². The molecule has 1 aromatic carbocycles. The smallest absolute Gasteiger partial charge is 0.235 e. The van der Waals surface area contributed by atoms with Crippen LogP contribution in [-0.2, 0) is 35.4 Å². The van der Waals surface area contributed by atoms with E-state index in [1.165, 1.54) is 28.0 Å². The highest BCUT2D eigenvalue weighted by atomic mass is 32.2. The lowest BCUT2D eigenvalue weighted by molar-refractivity contribution is -0.121. The van der Waals surface area contributed by atoms with E-state index in [0.29, 0.717) is 28.1 Å². The molecule has 0 saturated heterocycles. The number of fused-ring (bicyclic) bond motifs is 1. The molecule has 1 atom stereocenters. The largest absolute Gasteiger partial charge is 0.497 e. The fourth-order valence-electron chi connectivity index (χ4n) is 4.38. The number of amides is 2. The Labute approximate surface area is 230 Å². The molecular formula is C27H30N6O3S2. The van der Waals surface area contributed by atoms with Crippen LogP contribution in [0.1, 0.15) is 53.2 Å². The molecule has 2 heterocycles. The lowest BCUT2D eigenvalue weighted by Gasteiger charge is -2.15. The number of nitriles is 1. The molecule has 2 amide bonds. The van der Waals surface area contributed by atoms with Crippen molar-refractivity contribution in [2.45, 2.75) is 56.8 Å². The van der Waals surface area contributed by atoms with Crippen molar-refractivity contribution in [1.29, 1.82) is 5.26 Å². The van der Waals surface area contributed by atoms with Gasteiger partial charge >= 0.3 is 0 Å². The van der Waals surface area contributed by atoms with Gasteiger partial charge in [-0.25, -0.2) is 0 Å². The van der Waals surface area contributed by atoms with Gasteiger partial charge in [-0.15, -0.1) is 28.1 Å². The van der Waals surface area contributed by atoms with E-state index in [2.05, 4.69) is 33.5 Å². The van der Waals surface area contributed by atoms with Crippen molar-refractivity contribution >= 4 is 39.9 Å². The number of carbonyl (C=O) groups is 2. The van der Waals surface area contributed by atoms with E-state index < -0.39 is 6.04 Å². The molecule has 2 aromatic heterocycles. The number of nitrogens with zero attached hydrogens (tertiary/aromatic N) is 4. The maximum Gasteiger partial charge on any atom is 0.235 e. The molecule has 0 saturated carbocycles. The molecule has 0 aliphatic heterocycles. The Balaban J connectivity index is 1.37. The van der Waals surface area contributed by atoms with Gasteiger partial charge in [-0.1, -0.05) is 30.0 Å². The van der Waals surface area contributed by atoms with Gasteiger partial charge in [0, 0.05) is 11.4 Å². The monoisotopic (exact) mass is 550 g/mol. The standard InChI is InChI=1S/C27H30N6O3S2/c1-4-13-33-25(17(2)29-23(34)14-18-9-11-19(36-3)12-10-18)31-32-27(33)37-16-24(35)30-26-21(15-28)20-7-5-6-8-22(20)38-26/h4,9-12,17H,1,5-8,13-14,16H2,2-3H3,(H,29,34)(H,30,35). The molecule has 0 bridgehead atoms. The van der Waals surface area contributed by atoms with Crippen LogP contribution in [0.4, 0.5) is 5.00 Å². The van der Waals surface area contributed by atoms with E-state index in [9.17, 15) is 14.9 Å². The number of carbonyl (C=O) groups excluding carboxylic acids is 2. The zero-order valence-electron chi connectivity index (χ0n) is 21.5. The molecule has 0 spiro atoms. The molecule has 0 fully saturated rings. The van der Waals surface area contributed by atoms with E-state index in [1.807, 2.05) is 35.8 Å². The number of hydrogen-bond acceptors (Lipinski definition) is 8. The van der Waals surface area contributed by atoms with Crippen LogP contribution < -0.4 is 15.4 Å². The van der Waals surface area contributed by atoms with Crippen LogP contribution >= 0.6 is 23.1 Å². The van der Waals surface area contributed by atoms with Gasteiger partial charge in [0.05, 0.1) is 30.9 Å². The molecule has 11 heteroatoms. The molecule has 2 N–H and O–H groups in total. The highest BCUT2D eigenvalue weighted by molar-refractivity contribution is 7.99. The minimum Gasteiger partial charge on any atom is -0.497 e. The Kier molecular flexibility index (Phi) is 9.20. The third-order valence-electron chi connectivity index (χ3n) is 6.21. The lowest BCUT2D eigenvalue weighted by Crippen LogP contribution is -2.30. The lowest BCUT2D eigenvalue weighted by atomic mass is 9.96. The van der Waals surface area contributed by atoms with Gasteiger partial charge in [0.2, 0.25) is 11.8 Å². The number of nitrogens with one attached hydrogen (secondary N) is 2. The summed E-state index contributed by atoms with van der Waals surface area (Å²) in [4.78, 5) is 26.6. The van der Waals surface area contributed by atoms with Crippen LogP contribution in [0.2, 0.25) is 0 Å². The first-order valence-corrected chi connectivity index (χ1v) is 14.2. The number of thiophene rings is 1. The first-order valence-electron chi connectivity index (χ1n) is 12.4. The second-order valence-electron chi connectivity index (χ2n) is 8.92. The number of aryl methyl sites for hydroxylation is 1. The average molecular weight is 551 g/mol. The van der Waals surface area contributed by atoms with Gasteiger partial charge in [-0.3, -0.25) is 9.59 Å². The summed E-state index contributed by atoms with van der Waals surface area (Å²) in [6.07, 6.45) is 5.98. The number of hydrogen-bond donors (Lipinski definition) is 2. The predicted molar refractivity (Wildman–Crippen MR) is 149 cm³/mol. The maximum absolute atomic E-state index is 12.8. The van der Waals surface area contributed by atoms with Crippen LogP contribution in [0.25, 0.3) is 0 Å². The van der Waals surface area contributed by atoms with Gasteiger partial charge in [0.25, 0.3) is 0 Å². The van der Waals surface area contributed by atoms with Crippen molar-refractivity contribution in [2.24, 2.45) is 0 Å². The highest BCUT2D eigenvalue weighted by Gasteiger charge is 2.23. The highest BCUT2D eigenvalue weighted by Crippen LogP contribution is 2.37. The molecule has 1 unspecified atom stereocenters. The minimum atomic E-state index is -0.396. The Hall–Kier alpha value is -3.62. The number of benzene rings is 1. The van der Waals surface area contributed by atoms with Crippen LogP contribution in [-0.4, -0.2) is 39.4 Å². The third-order valence-corrected chi connectivity index (χ3v) is 8.39. The molecule has 198 valence electrons. The molecule has 4 rings (SSSR count). The maximum atomic E-state index is 12.8. The van der Waals surface area contributed by atoms with Crippen LogP contribution in [0, 0.1) is 11.3 Å². The fourth-order valence-corrected chi connectivity index (χ4v) is 6.39. The summed E-state index contributed by atoms with van der Waals surface area (Å²) >= 11 is 2.76. The molecular weight excluding hydrogens is 520 g/mol. The van der Waals surface area contributed by atoms with Crippen LogP contribution in [0.3, 0.4) is 0 Å². The second-order valence-corrected chi connectivity index (χ2v) is 11.0. The van der Waals surface area contributed by atoms with Crippen molar-refractivity contribution in [3.05, 3.63) is 64.3 Å². The fraction of sp³-hybridized carbons (Fsp3) is 0.370. The van der Waals surface area contributed by atoms with Gasteiger partial charge in [0.1, 0.15) is 16.8 Å². The summed E-state index contributed by atoms with van der Waals surface area (Å²) < 4.78 is 7.00. The third kappa shape index (κ3) is 6.44. The number of aromatic nitrogens is 3. The van der Waals surface area contributed by atoms with Gasteiger partial charge in [0.15, 0.2) is 11.0 Å². The Morgan fingerprint density at radius 1 is 1.26 bits per heavy atom. The van der Waals surface area contributed by atoms with Crippen molar-refractivity contribution < 1.29 is 14.3 Å². The number of allylic oxidation sites excluding steroid dienone is 1. The number of methoxy groups -OCH3 is 1. The average Bonchev–Trinajstić information content (AvgIpc) is 3.48. The molecule has 1 aliphatic carbocycles. The number of anilines is 1. The topological polar surface area (TPSA) is 122 Å². The van der Waals surface area contributed by atoms with E-state index in [0.717, 1.165) is 42.6 Å². The van der Waals surface area contributed by atoms with Crippen LogP contribution in [0.15, 0.2) is 42.1 Å². The van der Waals surface area contributed by atoms with E-state index in [4.69, 9.17) is 4.74 Å². The van der Waals surface area contributed by atoms with E-state index >= 15 is 0 Å². The summed E-state index contributed by atoms with van der Waals surface area (Å²) in [6.45, 7) is 6.10. The van der Waals surface area contributed by atoms with Crippen LogP contribution in [0.5, 0.6) is 5.75 Å². The number of thioether (sulfide) groups is 1. The van der Waals surface area contributed by atoms with Gasteiger partial charge in [-0.2, -0.15) is 5.26 Å². The normalized spacial score (nSPS) is 13.2. The van der Waals surface area contributed by atoms with E-state index in [-0.39, 0.29) is 24.0 Å². The first kappa shape index (κ1) is 27.4. The minimum absolute atomic E-state index is 0.112. The number of ether oxygens (including phenoxy) is 1. The molecule has 9 nitrogen and oxygen atoms in total. The first-order chi connectivity index (χ1) is 18.4. The Morgan fingerprint density at radius 3 is 2.74 bits per heavy atom. The molecule has 0 radical (unpaired) electrons. The zero-order valence-corrected chi connectivity index (χ0v) is 23.1. The predicted octanol–water partition coefficient (Wildman–Crippen LogP) is 4.44. The molecule has 3 aromatic rings. The SMILES string of the molecule is C=CCn1c(SCC(=O)Nc2sc3c(c2C#N)CCCC3)nnc1C(C)NC(=O)Cc1ccc(OC)cc1. The summed E-state index contributed by atoms with van der Waals surface area (Å²) in [6, 6.07) is 9.23. The summed E-state index contributed by atoms with van der Waals surface area (Å²) in [7, 11) is 1.60. The Bertz CT molecular complexity index is 1360. The summed E-state index contributed by atoms with van der Waals surface area (Å²) in [5.41, 5.74) is 2.56.